The zero-order valence-electron chi connectivity index (χ0n) is 15.4. The number of rotatable bonds is 4. The first-order chi connectivity index (χ1) is 13.2. The number of nitrogens with one attached hydrogen (secondary N) is 2. The van der Waals surface area contributed by atoms with Crippen molar-refractivity contribution in [3.05, 3.63) is 76.5 Å². The van der Waals surface area contributed by atoms with Gasteiger partial charge in [-0.05, 0) is 56.2 Å². The third kappa shape index (κ3) is 4.28. The number of hydrogen-bond acceptors (Lipinski definition) is 4. The van der Waals surface area contributed by atoms with Gasteiger partial charge in [-0.25, -0.2) is 23.1 Å². The molecule has 0 radical (unpaired) electrons. The van der Waals surface area contributed by atoms with Gasteiger partial charge in [0.15, 0.2) is 17.5 Å². The van der Waals surface area contributed by atoms with Crippen LogP contribution in [0.15, 0.2) is 36.4 Å². The van der Waals surface area contributed by atoms with Gasteiger partial charge in [0.1, 0.15) is 17.3 Å². The van der Waals surface area contributed by atoms with Crippen LogP contribution in [0, 0.1) is 38.2 Å². The van der Waals surface area contributed by atoms with Gasteiger partial charge in [0.05, 0.1) is 5.69 Å². The zero-order valence-corrected chi connectivity index (χ0v) is 15.4. The molecule has 1 heterocycles. The molecule has 1 amide bonds. The van der Waals surface area contributed by atoms with Crippen LogP contribution in [0.3, 0.4) is 0 Å². The van der Waals surface area contributed by atoms with Crippen LogP contribution in [0.2, 0.25) is 0 Å². The molecule has 2 N–H and O–H groups in total. The first kappa shape index (κ1) is 19.3. The summed E-state index contributed by atoms with van der Waals surface area (Å²) in [6, 6.07) is 8.91. The van der Waals surface area contributed by atoms with Crippen LogP contribution in [-0.2, 0) is 0 Å². The molecular formula is C20H17F3N4O. The Labute approximate surface area is 159 Å². The van der Waals surface area contributed by atoms with E-state index in [0.29, 0.717) is 11.6 Å². The van der Waals surface area contributed by atoms with Crippen molar-refractivity contribution in [2.24, 2.45) is 0 Å². The molecule has 0 spiro atoms. The lowest BCUT2D eigenvalue weighted by Gasteiger charge is -2.11. The lowest BCUT2D eigenvalue weighted by molar-refractivity contribution is 0.102. The number of hydrogen-bond donors (Lipinski definition) is 2. The average molecular weight is 386 g/mol. The average Bonchev–Trinajstić information content (AvgIpc) is 2.60. The Morgan fingerprint density at radius 1 is 0.893 bits per heavy atom. The maximum Gasteiger partial charge on any atom is 0.274 e. The van der Waals surface area contributed by atoms with Gasteiger partial charge in [0.2, 0.25) is 0 Å². The summed E-state index contributed by atoms with van der Waals surface area (Å²) in [6.45, 7) is 5.51. The molecule has 0 bridgehead atoms. The molecule has 0 aliphatic carbocycles. The van der Waals surface area contributed by atoms with Crippen LogP contribution < -0.4 is 10.6 Å². The molecule has 3 rings (SSSR count). The highest BCUT2D eigenvalue weighted by atomic mass is 19.2. The molecule has 0 saturated carbocycles. The SMILES string of the molecule is Cc1cc(C)cc(Nc2cc(C(=O)Nc3ccc(F)c(F)c3F)nc(C)n2)c1. The topological polar surface area (TPSA) is 66.9 Å². The van der Waals surface area contributed by atoms with E-state index in [4.69, 9.17) is 0 Å². The number of anilines is 3. The minimum Gasteiger partial charge on any atom is -0.340 e. The summed E-state index contributed by atoms with van der Waals surface area (Å²) < 4.78 is 40.2. The molecule has 0 unspecified atom stereocenters. The van der Waals surface area contributed by atoms with E-state index in [1.54, 1.807) is 6.92 Å². The third-order valence-corrected chi connectivity index (χ3v) is 3.85. The minimum absolute atomic E-state index is 0.0523. The van der Waals surface area contributed by atoms with Crippen molar-refractivity contribution in [3.8, 4) is 0 Å². The van der Waals surface area contributed by atoms with Crippen molar-refractivity contribution in [1.29, 1.82) is 0 Å². The number of amides is 1. The van der Waals surface area contributed by atoms with Gasteiger partial charge in [0.25, 0.3) is 5.91 Å². The van der Waals surface area contributed by atoms with Crippen molar-refractivity contribution >= 4 is 23.1 Å². The smallest absolute Gasteiger partial charge is 0.274 e. The first-order valence-corrected chi connectivity index (χ1v) is 8.39. The highest BCUT2D eigenvalue weighted by Gasteiger charge is 2.17. The second-order valence-corrected chi connectivity index (χ2v) is 6.36. The van der Waals surface area contributed by atoms with E-state index in [0.717, 1.165) is 28.9 Å². The lowest BCUT2D eigenvalue weighted by Crippen LogP contribution is -2.17. The van der Waals surface area contributed by atoms with Gasteiger partial charge in [-0.3, -0.25) is 4.79 Å². The Hall–Kier alpha value is -3.42. The summed E-state index contributed by atoms with van der Waals surface area (Å²) in [5.41, 5.74) is 2.36. The van der Waals surface area contributed by atoms with E-state index in [1.165, 1.54) is 6.07 Å². The fourth-order valence-corrected chi connectivity index (χ4v) is 2.75. The van der Waals surface area contributed by atoms with Crippen molar-refractivity contribution in [3.63, 3.8) is 0 Å². The predicted molar refractivity (Wildman–Crippen MR) is 100 cm³/mol. The van der Waals surface area contributed by atoms with E-state index >= 15 is 0 Å². The highest BCUT2D eigenvalue weighted by molar-refractivity contribution is 6.03. The van der Waals surface area contributed by atoms with Gasteiger partial charge in [0, 0.05) is 11.8 Å². The molecule has 0 aliphatic rings. The molecule has 0 atom stereocenters. The van der Waals surface area contributed by atoms with E-state index in [9.17, 15) is 18.0 Å². The molecule has 5 nitrogen and oxygen atoms in total. The lowest BCUT2D eigenvalue weighted by atomic mass is 10.1. The minimum atomic E-state index is -1.66. The second kappa shape index (κ2) is 7.67. The summed E-state index contributed by atoms with van der Waals surface area (Å²) in [7, 11) is 0. The zero-order chi connectivity index (χ0) is 20.4. The maximum atomic E-state index is 13.8. The first-order valence-electron chi connectivity index (χ1n) is 8.39. The predicted octanol–water partition coefficient (Wildman–Crippen LogP) is 4.82. The second-order valence-electron chi connectivity index (χ2n) is 6.36. The van der Waals surface area contributed by atoms with Gasteiger partial charge in [-0.2, -0.15) is 0 Å². The van der Waals surface area contributed by atoms with Crippen LogP contribution in [0.4, 0.5) is 30.4 Å². The number of benzene rings is 2. The molecule has 0 aliphatic heterocycles. The fraction of sp³-hybridized carbons (Fsp3) is 0.150. The highest BCUT2D eigenvalue weighted by Crippen LogP contribution is 2.22. The summed E-state index contributed by atoms with van der Waals surface area (Å²) in [5, 5.41) is 5.29. The van der Waals surface area contributed by atoms with Crippen LogP contribution in [-0.4, -0.2) is 15.9 Å². The normalized spacial score (nSPS) is 10.6. The summed E-state index contributed by atoms with van der Waals surface area (Å²) in [4.78, 5) is 20.7. The Morgan fingerprint density at radius 2 is 1.57 bits per heavy atom. The van der Waals surface area contributed by atoms with Crippen LogP contribution >= 0.6 is 0 Å². The molecular weight excluding hydrogens is 369 g/mol. The molecule has 8 heteroatoms. The van der Waals surface area contributed by atoms with Gasteiger partial charge >= 0.3 is 0 Å². The van der Waals surface area contributed by atoms with Crippen LogP contribution in [0.25, 0.3) is 0 Å². The molecule has 28 heavy (non-hydrogen) atoms. The molecule has 0 fully saturated rings. The Balaban J connectivity index is 1.86. The summed E-state index contributed by atoms with van der Waals surface area (Å²) >= 11 is 0. The monoisotopic (exact) mass is 386 g/mol. The maximum absolute atomic E-state index is 13.8. The van der Waals surface area contributed by atoms with Crippen LogP contribution in [0.5, 0.6) is 0 Å². The largest absolute Gasteiger partial charge is 0.340 e. The number of nitrogens with zero attached hydrogens (tertiary/aromatic N) is 2. The molecule has 2 aromatic carbocycles. The summed E-state index contributed by atoms with van der Waals surface area (Å²) in [5.74, 6) is -4.58. The van der Waals surface area contributed by atoms with E-state index < -0.39 is 29.0 Å². The standard InChI is InChI=1S/C20H17F3N4O/c1-10-6-11(2)8-13(7-10)26-17-9-16(24-12(3)25-17)20(28)27-15-5-4-14(21)18(22)19(15)23/h4-9H,1-3H3,(H,27,28)(H,24,25,26). The third-order valence-electron chi connectivity index (χ3n) is 3.85. The molecule has 0 saturated heterocycles. The van der Waals surface area contributed by atoms with E-state index in [2.05, 4.69) is 20.6 Å². The summed E-state index contributed by atoms with van der Waals surface area (Å²) in [6.07, 6.45) is 0. The van der Waals surface area contributed by atoms with E-state index in [-0.39, 0.29) is 5.69 Å². The van der Waals surface area contributed by atoms with Gasteiger partial charge in [-0.15, -0.1) is 0 Å². The number of halogens is 3. The van der Waals surface area contributed by atoms with Gasteiger partial charge < -0.3 is 10.6 Å². The van der Waals surface area contributed by atoms with Crippen molar-refractivity contribution in [1.82, 2.24) is 9.97 Å². The number of carbonyl (C=O) groups is 1. The molecule has 1 aromatic heterocycles. The molecule has 144 valence electrons. The van der Waals surface area contributed by atoms with Crippen molar-refractivity contribution < 1.29 is 18.0 Å². The van der Waals surface area contributed by atoms with Gasteiger partial charge in [-0.1, -0.05) is 6.07 Å². The van der Waals surface area contributed by atoms with Crippen molar-refractivity contribution in [2.45, 2.75) is 20.8 Å². The Bertz CT molecular complexity index is 1050. The number of aryl methyl sites for hydroxylation is 3. The quantitative estimate of drug-likeness (QED) is 0.631. The van der Waals surface area contributed by atoms with E-state index in [1.807, 2.05) is 32.0 Å². The Morgan fingerprint density at radius 3 is 2.25 bits per heavy atom. The van der Waals surface area contributed by atoms with Crippen LogP contribution in [0.1, 0.15) is 27.4 Å². The Kier molecular flexibility index (Phi) is 5.30. The number of aromatic nitrogens is 2. The fourth-order valence-electron chi connectivity index (χ4n) is 2.75. The molecule has 3 aromatic rings. The van der Waals surface area contributed by atoms with Crippen molar-refractivity contribution in [2.75, 3.05) is 10.6 Å². The number of carbonyl (C=O) groups excluding carboxylic acids is 1.